The van der Waals surface area contributed by atoms with Crippen LogP contribution in [0.4, 0.5) is 4.79 Å². The normalized spacial score (nSPS) is 13.9. The SMILES string of the molecule is C=CC[C@H](C[C@H](C[C@H](C[C@@H](CCCCCCCCCCCCCCC)OCc1ccccc1)OCc1ccc(OC)cc1)OCOC)OC(=O)OC(C)(C)C. The lowest BCUT2D eigenvalue weighted by Gasteiger charge is -2.30. The van der Waals surface area contributed by atoms with Gasteiger partial charge in [0.15, 0.2) is 0 Å². The molecule has 0 aliphatic carbocycles. The van der Waals surface area contributed by atoms with Crippen molar-refractivity contribution in [3.05, 3.63) is 78.4 Å². The van der Waals surface area contributed by atoms with Crippen LogP contribution in [0.5, 0.6) is 5.75 Å². The summed E-state index contributed by atoms with van der Waals surface area (Å²) in [6, 6.07) is 18.3. The van der Waals surface area contributed by atoms with E-state index in [1.807, 2.05) is 51.1 Å². The molecule has 0 bridgehead atoms. The molecule has 2 aromatic carbocycles. The lowest BCUT2D eigenvalue weighted by atomic mass is 9.97. The van der Waals surface area contributed by atoms with Gasteiger partial charge in [-0.25, -0.2) is 4.79 Å². The lowest BCUT2D eigenvalue weighted by Crippen LogP contribution is -2.33. The van der Waals surface area contributed by atoms with Gasteiger partial charge in [0.1, 0.15) is 24.2 Å². The van der Waals surface area contributed by atoms with Gasteiger partial charge in [-0.3, -0.25) is 0 Å². The van der Waals surface area contributed by atoms with Crippen LogP contribution in [0.15, 0.2) is 67.3 Å². The van der Waals surface area contributed by atoms with E-state index in [1.54, 1.807) is 20.3 Å². The zero-order valence-corrected chi connectivity index (χ0v) is 35.4. The molecule has 0 aliphatic heterocycles. The molecule has 0 N–H and O–H groups in total. The van der Waals surface area contributed by atoms with Gasteiger partial charge in [-0.1, -0.05) is 139 Å². The van der Waals surface area contributed by atoms with Gasteiger partial charge in [-0.05, 0) is 56.9 Å². The van der Waals surface area contributed by atoms with Crippen molar-refractivity contribution in [3.8, 4) is 5.75 Å². The Labute approximate surface area is 335 Å². The molecule has 0 aromatic heterocycles. The highest BCUT2D eigenvalue weighted by atomic mass is 16.7. The number of methoxy groups -OCH3 is 2. The first-order chi connectivity index (χ1) is 26.6. The zero-order valence-electron chi connectivity index (χ0n) is 35.4. The Kier molecular flexibility index (Phi) is 26.5. The average Bonchev–Trinajstić information content (AvgIpc) is 3.16. The molecule has 312 valence electrons. The molecule has 0 unspecified atom stereocenters. The molecule has 8 heteroatoms. The molecule has 0 saturated heterocycles. The van der Waals surface area contributed by atoms with Crippen molar-refractivity contribution in [2.24, 2.45) is 0 Å². The molecular weight excluding hydrogens is 693 g/mol. The van der Waals surface area contributed by atoms with Crippen LogP contribution >= 0.6 is 0 Å². The van der Waals surface area contributed by atoms with Crippen molar-refractivity contribution in [1.29, 1.82) is 0 Å². The van der Waals surface area contributed by atoms with E-state index in [9.17, 15) is 4.79 Å². The fourth-order valence-electron chi connectivity index (χ4n) is 6.68. The summed E-state index contributed by atoms with van der Waals surface area (Å²) < 4.78 is 41.6. The predicted octanol–water partition coefficient (Wildman–Crippen LogP) is 12.7. The summed E-state index contributed by atoms with van der Waals surface area (Å²) in [6.07, 6.45) is 20.4. The fourth-order valence-corrected chi connectivity index (χ4v) is 6.68. The second-order valence-electron chi connectivity index (χ2n) is 15.9. The number of carbonyl (C=O) groups is 1. The van der Waals surface area contributed by atoms with Gasteiger partial charge in [0.25, 0.3) is 0 Å². The van der Waals surface area contributed by atoms with Gasteiger partial charge in [0, 0.05) is 26.4 Å². The Morgan fingerprint density at radius 2 is 1.16 bits per heavy atom. The Balaban J connectivity index is 2.12. The van der Waals surface area contributed by atoms with E-state index < -0.39 is 17.9 Å². The summed E-state index contributed by atoms with van der Waals surface area (Å²) >= 11 is 0. The number of unbranched alkanes of at least 4 members (excludes halogenated alkanes) is 12. The van der Waals surface area contributed by atoms with Crippen LogP contribution in [0.1, 0.15) is 154 Å². The van der Waals surface area contributed by atoms with Crippen LogP contribution in [-0.4, -0.2) is 57.2 Å². The zero-order chi connectivity index (χ0) is 40.0. The van der Waals surface area contributed by atoms with Gasteiger partial charge in [0.05, 0.1) is 38.6 Å². The van der Waals surface area contributed by atoms with E-state index in [1.165, 1.54) is 77.0 Å². The maximum atomic E-state index is 12.7. The van der Waals surface area contributed by atoms with Gasteiger partial charge < -0.3 is 33.2 Å². The summed E-state index contributed by atoms with van der Waals surface area (Å²) in [4.78, 5) is 12.7. The maximum Gasteiger partial charge on any atom is 0.509 e. The number of ether oxygens (including phenoxy) is 7. The molecule has 4 atom stereocenters. The van der Waals surface area contributed by atoms with Crippen molar-refractivity contribution < 1.29 is 38.0 Å². The first-order valence-corrected chi connectivity index (χ1v) is 21.2. The van der Waals surface area contributed by atoms with Gasteiger partial charge in [-0.15, -0.1) is 6.58 Å². The minimum Gasteiger partial charge on any atom is -0.497 e. The molecule has 0 radical (unpaired) electrons. The third-order valence-electron chi connectivity index (χ3n) is 9.68. The summed E-state index contributed by atoms with van der Waals surface area (Å²) in [5.74, 6) is 0.804. The van der Waals surface area contributed by atoms with E-state index in [0.29, 0.717) is 38.9 Å². The van der Waals surface area contributed by atoms with Crippen molar-refractivity contribution in [2.45, 2.75) is 187 Å². The largest absolute Gasteiger partial charge is 0.509 e. The first kappa shape index (κ1) is 48.2. The third-order valence-corrected chi connectivity index (χ3v) is 9.68. The van der Waals surface area contributed by atoms with E-state index in [0.717, 1.165) is 29.7 Å². The molecule has 2 aromatic rings. The summed E-state index contributed by atoms with van der Waals surface area (Å²) in [6.45, 7) is 12.7. The predicted molar refractivity (Wildman–Crippen MR) is 223 cm³/mol. The van der Waals surface area contributed by atoms with Crippen LogP contribution in [0.25, 0.3) is 0 Å². The molecule has 0 saturated carbocycles. The first-order valence-electron chi connectivity index (χ1n) is 21.2. The molecule has 0 aliphatic rings. The molecule has 2 rings (SSSR count). The minimum atomic E-state index is -0.704. The van der Waals surface area contributed by atoms with Crippen LogP contribution in [0, 0.1) is 0 Å². The Bertz CT molecular complexity index is 1210. The monoisotopic (exact) mass is 769 g/mol. The number of hydrogen-bond acceptors (Lipinski definition) is 8. The Morgan fingerprint density at radius 1 is 0.655 bits per heavy atom. The van der Waals surface area contributed by atoms with Crippen molar-refractivity contribution in [1.82, 2.24) is 0 Å². The van der Waals surface area contributed by atoms with Crippen molar-refractivity contribution in [3.63, 3.8) is 0 Å². The van der Waals surface area contributed by atoms with E-state index in [2.05, 4.69) is 37.8 Å². The highest BCUT2D eigenvalue weighted by Gasteiger charge is 2.28. The maximum absolute atomic E-state index is 12.7. The highest BCUT2D eigenvalue weighted by Crippen LogP contribution is 2.25. The molecule has 0 amide bonds. The number of carbonyl (C=O) groups excluding carboxylic acids is 1. The quantitative estimate of drug-likeness (QED) is 0.0307. The Hall–Kier alpha value is -2.91. The Morgan fingerprint density at radius 3 is 1.71 bits per heavy atom. The van der Waals surface area contributed by atoms with Crippen LogP contribution < -0.4 is 4.74 Å². The standard InChI is InChI=1S/C47H76O8/c1-8-10-11-12-13-14-15-16-17-18-19-20-24-28-42(51-36-39-26-22-21-23-27-39)33-44(52-37-40-29-31-41(50-7)32-30-40)35-45(53-38-49-6)34-43(25-9-2)54-46(48)55-47(3,4)5/h9,21-23,26-27,29-32,42-45H,2,8,10-20,24-25,28,33-38H2,1,3-7H3/t42-,43-,44+,45-/m1/s1. The van der Waals surface area contributed by atoms with Crippen molar-refractivity contribution >= 4 is 6.16 Å². The molecule has 0 fully saturated rings. The highest BCUT2D eigenvalue weighted by molar-refractivity contribution is 5.60. The number of hydrogen-bond donors (Lipinski definition) is 0. The molecular formula is C47H76O8. The number of rotatable bonds is 33. The van der Waals surface area contributed by atoms with Crippen LogP contribution in [-0.2, 0) is 41.6 Å². The minimum absolute atomic E-state index is 0.00107. The summed E-state index contributed by atoms with van der Waals surface area (Å²) in [5.41, 5.74) is 1.54. The topological polar surface area (TPSA) is 81.7 Å². The van der Waals surface area contributed by atoms with Gasteiger partial charge in [-0.2, -0.15) is 0 Å². The second-order valence-corrected chi connectivity index (χ2v) is 15.9. The van der Waals surface area contributed by atoms with Crippen molar-refractivity contribution in [2.75, 3.05) is 21.0 Å². The summed E-state index contributed by atoms with van der Waals surface area (Å²) in [7, 11) is 3.27. The fraction of sp³-hybridized carbons (Fsp3) is 0.681. The molecule has 0 spiro atoms. The van der Waals surface area contributed by atoms with Gasteiger partial charge >= 0.3 is 6.16 Å². The second kappa shape index (κ2) is 30.3. The molecule has 8 nitrogen and oxygen atoms in total. The van der Waals surface area contributed by atoms with E-state index >= 15 is 0 Å². The van der Waals surface area contributed by atoms with Gasteiger partial charge in [0.2, 0.25) is 0 Å². The summed E-state index contributed by atoms with van der Waals surface area (Å²) in [5, 5.41) is 0. The smallest absolute Gasteiger partial charge is 0.497 e. The number of benzene rings is 2. The average molecular weight is 769 g/mol. The molecule has 0 heterocycles. The van der Waals surface area contributed by atoms with E-state index in [-0.39, 0.29) is 25.1 Å². The molecule has 55 heavy (non-hydrogen) atoms. The third kappa shape index (κ3) is 25.1. The van der Waals surface area contributed by atoms with Crippen LogP contribution in [0.2, 0.25) is 0 Å². The lowest BCUT2D eigenvalue weighted by molar-refractivity contribution is -0.114. The van der Waals surface area contributed by atoms with E-state index in [4.69, 9.17) is 33.2 Å². The van der Waals surface area contributed by atoms with Crippen LogP contribution in [0.3, 0.4) is 0 Å².